The molecular formula is C26H50O3Si4. The summed E-state index contributed by atoms with van der Waals surface area (Å²) in [5.74, 6) is -0.0919. The zero-order valence-corrected chi connectivity index (χ0v) is 27.0. The molecule has 0 aliphatic heterocycles. The highest BCUT2D eigenvalue weighted by molar-refractivity contribution is 7.88. The van der Waals surface area contributed by atoms with Crippen LogP contribution >= 0.6 is 0 Å². The summed E-state index contributed by atoms with van der Waals surface area (Å²) in [4.78, 5) is 25.2. The Hall–Kier alpha value is -0.772. The average Bonchev–Trinajstić information content (AvgIpc) is 2.88. The topological polar surface area (TPSA) is 43.4 Å². The first-order chi connectivity index (χ1) is 15.7. The minimum absolute atomic E-state index is 0.0919. The lowest BCUT2D eigenvalue weighted by Gasteiger charge is -2.63. The second kappa shape index (κ2) is 12.8. The van der Waals surface area contributed by atoms with Gasteiger partial charge in [0.15, 0.2) is 0 Å². The highest BCUT2D eigenvalue weighted by Gasteiger charge is 2.74. The molecule has 0 saturated heterocycles. The van der Waals surface area contributed by atoms with Crippen molar-refractivity contribution in [2.75, 3.05) is 0 Å². The molecule has 1 aromatic rings. The van der Waals surface area contributed by atoms with E-state index in [4.69, 9.17) is 4.43 Å². The molecule has 0 heterocycles. The van der Waals surface area contributed by atoms with Crippen LogP contribution in [0.2, 0.25) is 54.4 Å². The summed E-state index contributed by atoms with van der Waals surface area (Å²) in [6.07, 6.45) is 0.837. The van der Waals surface area contributed by atoms with Gasteiger partial charge in [-0.2, -0.15) is 0 Å². The number of hydrogen-bond donors (Lipinski definition) is 0. The minimum atomic E-state index is -2.40. The van der Waals surface area contributed by atoms with Crippen LogP contribution in [-0.2, 0) is 4.43 Å². The average molecular weight is 523 g/mol. The van der Waals surface area contributed by atoms with Gasteiger partial charge in [0, 0.05) is 5.56 Å². The van der Waals surface area contributed by atoms with Crippen LogP contribution in [0.25, 0.3) is 0 Å². The standard InChI is InChI=1S/C26H50O3Si4/c1-10-30(11-2,12-3)33(31(13-4,14-5)15-6,32(16-7,17-8)18-9)29-26(28)25-21-19-24(23-27)20-22-25/h19-23H,10-18H2,1-9H3. The number of rotatable bonds is 15. The highest BCUT2D eigenvalue weighted by atomic mass is 29.9. The largest absolute Gasteiger partial charge is 0.524 e. The molecule has 0 aliphatic carbocycles. The van der Waals surface area contributed by atoms with E-state index in [0.29, 0.717) is 11.1 Å². The first kappa shape index (κ1) is 30.3. The molecule has 0 N–H and O–H groups in total. The number of carbonyl (C=O) groups excluding carboxylic acids is 2. The van der Waals surface area contributed by atoms with Gasteiger partial charge in [-0.05, 0) is 12.1 Å². The van der Waals surface area contributed by atoms with Crippen LogP contribution in [-0.4, -0.2) is 41.9 Å². The Morgan fingerprint density at radius 1 is 0.636 bits per heavy atom. The molecule has 0 fully saturated rings. The predicted molar refractivity (Wildman–Crippen MR) is 155 cm³/mol. The van der Waals surface area contributed by atoms with Crippen molar-refractivity contribution < 1.29 is 14.0 Å². The lowest BCUT2D eigenvalue weighted by Crippen LogP contribution is -2.89. The van der Waals surface area contributed by atoms with Crippen molar-refractivity contribution in [3.05, 3.63) is 35.4 Å². The van der Waals surface area contributed by atoms with Crippen molar-refractivity contribution >= 4 is 41.9 Å². The molecule has 0 unspecified atom stereocenters. The fraction of sp³-hybridized carbons (Fsp3) is 0.692. The SMILES string of the molecule is CC[Si](CC)(CC)[Si](OC(=O)c1ccc(C=O)cc1)([Si](CC)(CC)CC)[Si](CC)(CC)CC. The van der Waals surface area contributed by atoms with Crippen LogP contribution < -0.4 is 0 Å². The molecule has 0 bridgehead atoms. The van der Waals surface area contributed by atoms with E-state index in [0.717, 1.165) is 6.29 Å². The Bertz CT molecular complexity index is 676. The van der Waals surface area contributed by atoms with Crippen LogP contribution in [0.15, 0.2) is 24.3 Å². The maximum atomic E-state index is 14.0. The van der Waals surface area contributed by atoms with Crippen molar-refractivity contribution in [1.29, 1.82) is 0 Å². The molecule has 0 radical (unpaired) electrons. The lowest BCUT2D eigenvalue weighted by atomic mass is 10.1. The molecule has 0 aliphatic rings. The van der Waals surface area contributed by atoms with Crippen molar-refractivity contribution in [3.8, 4) is 0 Å². The molecule has 1 rings (SSSR count). The van der Waals surface area contributed by atoms with E-state index in [2.05, 4.69) is 62.3 Å². The fourth-order valence-corrected chi connectivity index (χ4v) is 106. The van der Waals surface area contributed by atoms with Crippen molar-refractivity contribution in [1.82, 2.24) is 0 Å². The summed E-state index contributed by atoms with van der Waals surface area (Å²) in [6.45, 7) is 19.4. The summed E-state index contributed by atoms with van der Waals surface area (Å²) >= 11 is 0. The van der Waals surface area contributed by atoms with Crippen LogP contribution in [0.1, 0.15) is 83.0 Å². The van der Waals surface area contributed by atoms with E-state index in [9.17, 15) is 9.59 Å². The molecule has 33 heavy (non-hydrogen) atoms. The van der Waals surface area contributed by atoms with Gasteiger partial charge in [0.05, 0.1) is 28.3 Å². The second-order valence-corrected chi connectivity index (χ2v) is 45.8. The van der Waals surface area contributed by atoms with Gasteiger partial charge < -0.3 is 4.43 Å². The molecule has 3 nitrogen and oxygen atoms in total. The first-order valence-corrected chi connectivity index (χ1v) is 26.3. The first-order valence-electron chi connectivity index (χ1n) is 13.5. The Morgan fingerprint density at radius 3 is 1.18 bits per heavy atom. The fourth-order valence-electron chi connectivity index (χ4n) is 7.40. The predicted octanol–water partition coefficient (Wildman–Crippen LogP) is 8.36. The van der Waals surface area contributed by atoms with Gasteiger partial charge in [-0.25, -0.2) is 4.79 Å². The minimum Gasteiger partial charge on any atom is -0.524 e. The van der Waals surface area contributed by atoms with E-state index < -0.39 is 29.6 Å². The quantitative estimate of drug-likeness (QED) is 0.172. The van der Waals surface area contributed by atoms with Gasteiger partial charge in [-0.3, -0.25) is 4.79 Å². The molecule has 7 heteroatoms. The van der Waals surface area contributed by atoms with E-state index in [1.807, 2.05) is 0 Å². The number of benzene rings is 1. The van der Waals surface area contributed by atoms with Gasteiger partial charge in [-0.1, -0.05) is 129 Å². The normalized spacial score (nSPS) is 13.1. The number of carbonyl (C=O) groups is 2. The Labute approximate surface area is 207 Å². The molecule has 0 saturated carbocycles. The maximum absolute atomic E-state index is 14.0. The van der Waals surface area contributed by atoms with Crippen molar-refractivity contribution in [2.45, 2.75) is 117 Å². The molecule has 0 atom stereocenters. The zero-order chi connectivity index (χ0) is 25.3. The molecule has 0 amide bonds. The monoisotopic (exact) mass is 522 g/mol. The molecule has 188 valence electrons. The summed E-state index contributed by atoms with van der Waals surface area (Å²) in [7, 11) is -5.53. The third-order valence-corrected chi connectivity index (χ3v) is 79.6. The van der Waals surface area contributed by atoms with E-state index in [1.165, 1.54) is 54.4 Å². The lowest BCUT2D eigenvalue weighted by molar-refractivity contribution is 0.0735. The molecule has 0 aromatic heterocycles. The van der Waals surface area contributed by atoms with Gasteiger partial charge in [0.1, 0.15) is 6.29 Å². The smallest absolute Gasteiger partial charge is 0.324 e. The zero-order valence-electron chi connectivity index (χ0n) is 23.0. The summed E-state index contributed by atoms with van der Waals surface area (Å²) < 4.78 is 7.41. The second-order valence-electron chi connectivity index (χ2n) is 9.83. The summed E-state index contributed by atoms with van der Waals surface area (Å²) in [5.41, 5.74) is 1.23. The molecule has 0 spiro atoms. The summed E-state index contributed by atoms with van der Waals surface area (Å²) in [5, 5.41) is 0. The van der Waals surface area contributed by atoms with Crippen molar-refractivity contribution in [3.63, 3.8) is 0 Å². The Kier molecular flexibility index (Phi) is 11.7. The number of hydrogen-bond acceptors (Lipinski definition) is 3. The van der Waals surface area contributed by atoms with E-state index in [-0.39, 0.29) is 5.97 Å². The van der Waals surface area contributed by atoms with E-state index in [1.54, 1.807) is 24.3 Å². The Morgan fingerprint density at radius 2 is 0.939 bits per heavy atom. The van der Waals surface area contributed by atoms with Crippen LogP contribution in [0, 0.1) is 0 Å². The summed E-state index contributed by atoms with van der Waals surface area (Å²) in [6, 6.07) is 18.3. The van der Waals surface area contributed by atoms with Crippen LogP contribution in [0.5, 0.6) is 0 Å². The number of aldehydes is 1. The van der Waals surface area contributed by atoms with Gasteiger partial charge >= 0.3 is 5.97 Å². The maximum Gasteiger partial charge on any atom is 0.324 e. The van der Waals surface area contributed by atoms with Gasteiger partial charge in [0.25, 0.3) is 0 Å². The van der Waals surface area contributed by atoms with Gasteiger partial charge in [0.2, 0.25) is 6.87 Å². The van der Waals surface area contributed by atoms with Gasteiger partial charge in [-0.15, -0.1) is 0 Å². The van der Waals surface area contributed by atoms with Crippen LogP contribution in [0.4, 0.5) is 0 Å². The van der Waals surface area contributed by atoms with Crippen molar-refractivity contribution in [2.24, 2.45) is 0 Å². The Balaban J connectivity index is 4.09. The van der Waals surface area contributed by atoms with E-state index >= 15 is 0 Å². The molecular weight excluding hydrogens is 473 g/mol. The third kappa shape index (κ3) is 4.84. The van der Waals surface area contributed by atoms with Crippen LogP contribution in [0.3, 0.4) is 0 Å². The molecule has 1 aromatic carbocycles. The highest BCUT2D eigenvalue weighted by Crippen LogP contribution is 2.51. The third-order valence-electron chi connectivity index (χ3n) is 9.86.